The number of carbonyl (C=O) groups is 1. The van der Waals surface area contributed by atoms with Gasteiger partial charge in [0.05, 0.1) is 11.1 Å². The minimum absolute atomic E-state index is 0.169. The van der Waals surface area contributed by atoms with E-state index >= 15 is 0 Å². The van der Waals surface area contributed by atoms with Gasteiger partial charge in [-0.25, -0.2) is 4.79 Å². The Morgan fingerprint density at radius 1 is 1.25 bits per heavy atom. The van der Waals surface area contributed by atoms with Crippen molar-refractivity contribution in [1.82, 2.24) is 9.13 Å². The first kappa shape index (κ1) is 12.7. The molecule has 1 fully saturated rings. The minimum atomic E-state index is -0.841. The Labute approximate surface area is 116 Å². The van der Waals surface area contributed by atoms with Crippen LogP contribution in [-0.2, 0) is 17.3 Å². The van der Waals surface area contributed by atoms with Gasteiger partial charge in [0, 0.05) is 19.4 Å². The molecule has 1 aliphatic rings. The Hall–Kier alpha value is -2.30. The van der Waals surface area contributed by atoms with Gasteiger partial charge in [0.25, 0.3) is 0 Å². The molecule has 0 bridgehead atoms. The van der Waals surface area contributed by atoms with Gasteiger partial charge in [-0.3, -0.25) is 9.36 Å². The van der Waals surface area contributed by atoms with Crippen molar-refractivity contribution >= 4 is 5.97 Å². The van der Waals surface area contributed by atoms with E-state index in [4.69, 9.17) is 0 Å². The van der Waals surface area contributed by atoms with Crippen LogP contribution in [0.3, 0.4) is 0 Å². The highest BCUT2D eigenvalue weighted by atomic mass is 16.4. The molecule has 0 amide bonds. The quantitative estimate of drug-likeness (QED) is 0.924. The summed E-state index contributed by atoms with van der Waals surface area (Å²) < 4.78 is 2.99. The van der Waals surface area contributed by atoms with Crippen LogP contribution >= 0.6 is 0 Å². The number of nitrogens with zero attached hydrogens (tertiary/aromatic N) is 2. The van der Waals surface area contributed by atoms with Gasteiger partial charge in [0.1, 0.15) is 0 Å². The van der Waals surface area contributed by atoms with Crippen molar-refractivity contribution in [2.45, 2.75) is 24.7 Å². The second-order valence-corrected chi connectivity index (χ2v) is 5.32. The molecule has 1 aromatic heterocycles. The lowest BCUT2D eigenvalue weighted by Gasteiger charge is -2.39. The van der Waals surface area contributed by atoms with Gasteiger partial charge in [0.15, 0.2) is 0 Å². The van der Waals surface area contributed by atoms with E-state index in [0.29, 0.717) is 18.5 Å². The van der Waals surface area contributed by atoms with Crippen molar-refractivity contribution in [3.63, 3.8) is 0 Å². The predicted molar refractivity (Wildman–Crippen MR) is 74.2 cm³/mol. The van der Waals surface area contributed by atoms with Crippen molar-refractivity contribution in [1.29, 1.82) is 0 Å². The zero-order chi connectivity index (χ0) is 14.3. The maximum atomic E-state index is 12.1. The Morgan fingerprint density at radius 3 is 2.45 bits per heavy atom. The van der Waals surface area contributed by atoms with Crippen LogP contribution in [0.25, 0.3) is 5.69 Å². The van der Waals surface area contributed by atoms with Crippen molar-refractivity contribution < 1.29 is 9.90 Å². The standard InChI is InChI=1S/C15H16N2O3/c1-16-9-10-17(14(16)20)12-6-3-2-5-11(12)15(13(18)19)7-4-8-15/h2-3,5-6,9-10H,4,7-8H2,1H3,(H,18,19). The Kier molecular flexibility index (Phi) is 2.78. The molecule has 2 aromatic rings. The number of rotatable bonds is 3. The van der Waals surface area contributed by atoms with Crippen LogP contribution in [0.4, 0.5) is 0 Å². The van der Waals surface area contributed by atoms with E-state index in [-0.39, 0.29) is 5.69 Å². The summed E-state index contributed by atoms with van der Waals surface area (Å²) in [6.45, 7) is 0. The molecule has 0 unspecified atom stereocenters. The average Bonchev–Trinajstić information content (AvgIpc) is 2.69. The van der Waals surface area contributed by atoms with Crippen LogP contribution in [0.15, 0.2) is 41.5 Å². The van der Waals surface area contributed by atoms with E-state index in [0.717, 1.165) is 12.0 Å². The summed E-state index contributed by atoms with van der Waals surface area (Å²) in [5.41, 5.74) is 0.385. The third kappa shape index (κ3) is 1.62. The van der Waals surface area contributed by atoms with Gasteiger partial charge in [-0.2, -0.15) is 0 Å². The second-order valence-electron chi connectivity index (χ2n) is 5.32. The lowest BCUT2D eigenvalue weighted by molar-refractivity contribution is -0.147. The van der Waals surface area contributed by atoms with Crippen LogP contribution in [0.5, 0.6) is 0 Å². The summed E-state index contributed by atoms with van der Waals surface area (Å²) in [5.74, 6) is -0.805. The van der Waals surface area contributed by atoms with Gasteiger partial charge >= 0.3 is 11.7 Å². The summed E-state index contributed by atoms with van der Waals surface area (Å²) in [6.07, 6.45) is 5.51. The predicted octanol–water partition coefficient (Wildman–Crippen LogP) is 1.68. The molecule has 5 heteroatoms. The number of aliphatic carboxylic acids is 1. The van der Waals surface area contributed by atoms with Crippen LogP contribution in [-0.4, -0.2) is 20.2 Å². The zero-order valence-corrected chi connectivity index (χ0v) is 11.2. The number of imidazole rings is 1. The first-order valence-electron chi connectivity index (χ1n) is 6.63. The van der Waals surface area contributed by atoms with Gasteiger partial charge < -0.3 is 9.67 Å². The van der Waals surface area contributed by atoms with Gasteiger partial charge in [-0.1, -0.05) is 24.6 Å². The normalized spacial score (nSPS) is 16.6. The van der Waals surface area contributed by atoms with Crippen molar-refractivity contribution in [3.05, 3.63) is 52.7 Å². The summed E-state index contributed by atoms with van der Waals surface area (Å²) in [5, 5.41) is 9.59. The molecule has 20 heavy (non-hydrogen) atoms. The second kappa shape index (κ2) is 4.37. The smallest absolute Gasteiger partial charge is 0.332 e. The number of aromatic nitrogens is 2. The van der Waals surface area contributed by atoms with Gasteiger partial charge in [0.2, 0.25) is 0 Å². The number of hydrogen-bond donors (Lipinski definition) is 1. The number of para-hydroxylation sites is 1. The zero-order valence-electron chi connectivity index (χ0n) is 11.2. The largest absolute Gasteiger partial charge is 0.481 e. The molecule has 0 saturated heterocycles. The third-order valence-electron chi connectivity index (χ3n) is 4.24. The number of hydrogen-bond acceptors (Lipinski definition) is 2. The monoisotopic (exact) mass is 272 g/mol. The lowest BCUT2D eigenvalue weighted by atomic mass is 9.64. The summed E-state index contributed by atoms with van der Waals surface area (Å²) in [4.78, 5) is 23.8. The first-order valence-corrected chi connectivity index (χ1v) is 6.63. The average molecular weight is 272 g/mol. The van der Waals surface area contributed by atoms with E-state index in [9.17, 15) is 14.7 Å². The molecule has 1 N–H and O–H groups in total. The molecule has 3 rings (SSSR count). The van der Waals surface area contributed by atoms with Crippen molar-refractivity contribution in [2.75, 3.05) is 0 Å². The van der Waals surface area contributed by atoms with Crippen molar-refractivity contribution in [3.8, 4) is 5.69 Å². The highest BCUT2D eigenvalue weighted by Crippen LogP contribution is 2.45. The molecule has 1 saturated carbocycles. The Bertz CT molecular complexity index is 723. The first-order chi connectivity index (χ1) is 9.56. The minimum Gasteiger partial charge on any atom is -0.481 e. The molecule has 5 nitrogen and oxygen atoms in total. The van der Waals surface area contributed by atoms with Crippen LogP contribution in [0, 0.1) is 0 Å². The lowest BCUT2D eigenvalue weighted by Crippen LogP contribution is -2.43. The number of carboxylic acid groups (broad SMARTS) is 1. The van der Waals surface area contributed by atoms with Crippen LogP contribution < -0.4 is 5.69 Å². The topological polar surface area (TPSA) is 64.2 Å². The van der Waals surface area contributed by atoms with E-state index in [1.54, 1.807) is 25.5 Å². The van der Waals surface area contributed by atoms with Gasteiger partial charge in [-0.15, -0.1) is 0 Å². The molecule has 0 atom stereocenters. The van der Waals surface area contributed by atoms with Crippen molar-refractivity contribution in [2.24, 2.45) is 7.05 Å². The number of carboxylic acids is 1. The summed E-state index contributed by atoms with van der Waals surface area (Å²) in [7, 11) is 1.68. The molecule has 1 aliphatic carbocycles. The fraction of sp³-hybridized carbons (Fsp3) is 0.333. The molecule has 1 heterocycles. The van der Waals surface area contributed by atoms with E-state index in [1.807, 2.05) is 18.2 Å². The highest BCUT2D eigenvalue weighted by molar-refractivity contribution is 5.84. The van der Waals surface area contributed by atoms with Crippen LogP contribution in [0.1, 0.15) is 24.8 Å². The fourth-order valence-corrected chi connectivity index (χ4v) is 2.86. The van der Waals surface area contributed by atoms with E-state index < -0.39 is 11.4 Å². The molecule has 0 radical (unpaired) electrons. The highest BCUT2D eigenvalue weighted by Gasteiger charge is 2.47. The fourth-order valence-electron chi connectivity index (χ4n) is 2.86. The SMILES string of the molecule is Cn1ccn(-c2ccccc2C2(C(=O)O)CCC2)c1=O. The molecule has 0 aliphatic heterocycles. The van der Waals surface area contributed by atoms with Gasteiger partial charge in [-0.05, 0) is 24.5 Å². The Morgan fingerprint density at radius 2 is 1.95 bits per heavy atom. The molecular formula is C15H16N2O3. The Balaban J connectivity index is 2.22. The van der Waals surface area contributed by atoms with E-state index in [2.05, 4.69) is 0 Å². The number of benzene rings is 1. The van der Waals surface area contributed by atoms with Crippen LogP contribution in [0.2, 0.25) is 0 Å². The molecule has 0 spiro atoms. The third-order valence-corrected chi connectivity index (χ3v) is 4.24. The summed E-state index contributed by atoms with van der Waals surface area (Å²) in [6, 6.07) is 7.28. The van der Waals surface area contributed by atoms with E-state index in [1.165, 1.54) is 9.13 Å². The molecular weight excluding hydrogens is 256 g/mol. The summed E-state index contributed by atoms with van der Waals surface area (Å²) >= 11 is 0. The maximum Gasteiger partial charge on any atom is 0.332 e. The molecule has 1 aromatic carbocycles. The number of aryl methyl sites for hydroxylation is 1. The maximum absolute atomic E-state index is 12.1. The molecule has 104 valence electrons.